The highest BCUT2D eigenvalue weighted by Gasteiger charge is 2.05. The summed E-state index contributed by atoms with van der Waals surface area (Å²) in [6, 6.07) is 10.0. The third-order valence-electron chi connectivity index (χ3n) is 2.76. The molecule has 0 radical (unpaired) electrons. The molecule has 2 rings (SSSR count). The van der Waals surface area contributed by atoms with E-state index >= 15 is 0 Å². The van der Waals surface area contributed by atoms with Crippen molar-refractivity contribution in [1.82, 2.24) is 0 Å². The van der Waals surface area contributed by atoms with Gasteiger partial charge in [0.15, 0.2) is 0 Å². The number of rotatable bonds is 4. The van der Waals surface area contributed by atoms with Crippen LogP contribution < -0.4 is 0 Å². The normalized spacial score (nSPS) is 8.77. The molecule has 0 spiro atoms. The Bertz CT molecular complexity index is 642. The molecule has 4 N–H and O–H groups in total. The van der Waals surface area contributed by atoms with Crippen LogP contribution in [-0.2, 0) is 0 Å². The molecule has 0 saturated heterocycles. The smallest absolute Gasteiger partial charge is 0.335 e. The van der Waals surface area contributed by atoms with Crippen LogP contribution in [0.25, 0.3) is 0 Å². The maximum absolute atomic E-state index is 10.3. The zero-order valence-electron chi connectivity index (χ0n) is 13.5. The molecule has 8 heteroatoms. The number of carboxylic acid groups (broad SMARTS) is 4. The number of benzene rings is 2. The zero-order chi connectivity index (χ0) is 20.3. The van der Waals surface area contributed by atoms with E-state index in [1.165, 1.54) is 48.5 Å². The first-order chi connectivity index (χ1) is 12.2. The molecule has 0 amide bonds. The Morgan fingerprint density at radius 3 is 0.654 bits per heavy atom. The lowest BCUT2D eigenvalue weighted by Crippen LogP contribution is -1.99. The Morgan fingerprint density at radius 1 is 0.462 bits per heavy atom. The molecule has 0 aliphatic rings. The van der Waals surface area contributed by atoms with Gasteiger partial charge in [-0.3, -0.25) is 0 Å². The molecule has 0 fully saturated rings. The molecule has 0 heterocycles. The van der Waals surface area contributed by atoms with Crippen molar-refractivity contribution in [3.63, 3.8) is 0 Å². The molecule has 0 aliphatic heterocycles. The van der Waals surface area contributed by atoms with Gasteiger partial charge in [-0.25, -0.2) is 19.2 Å². The zero-order valence-corrected chi connectivity index (χ0v) is 13.5. The highest BCUT2D eigenvalue weighted by molar-refractivity contribution is 5.92. The summed E-state index contributed by atoms with van der Waals surface area (Å²) < 4.78 is 0. The van der Waals surface area contributed by atoms with Crippen molar-refractivity contribution in [1.29, 1.82) is 0 Å². The molecule has 0 unspecified atom stereocenters. The Kier molecular flexibility index (Phi) is 9.13. The van der Waals surface area contributed by atoms with Crippen molar-refractivity contribution in [2.24, 2.45) is 0 Å². The number of hydrogen-bond donors (Lipinski definition) is 4. The van der Waals surface area contributed by atoms with Gasteiger partial charge in [-0.2, -0.15) is 0 Å². The first kappa shape index (κ1) is 22.1. The van der Waals surface area contributed by atoms with Crippen molar-refractivity contribution >= 4 is 23.9 Å². The molecule has 26 heavy (non-hydrogen) atoms. The average Bonchev–Trinajstić information content (AvgIpc) is 2.64. The summed E-state index contributed by atoms with van der Waals surface area (Å²) in [4.78, 5) is 41.3. The molecule has 0 saturated carbocycles. The van der Waals surface area contributed by atoms with E-state index in [1.54, 1.807) is 0 Å². The predicted octanol–water partition coefficient (Wildman–Crippen LogP) is 2.97. The number of aromatic carboxylic acids is 4. The second-order valence-corrected chi connectivity index (χ2v) is 4.38. The fraction of sp³-hybridized carbons (Fsp3) is 0. The van der Waals surface area contributed by atoms with E-state index in [-0.39, 0.29) is 22.3 Å². The topological polar surface area (TPSA) is 149 Å². The van der Waals surface area contributed by atoms with Crippen LogP contribution in [0.3, 0.4) is 0 Å². The molecule has 8 nitrogen and oxygen atoms in total. The second kappa shape index (κ2) is 10.8. The molecule has 2 aromatic carbocycles. The molecule has 0 atom stereocenters. The standard InChI is InChI=1S/2C8H6O4.C2H4/c2*9-7(10)5-1-2-6(4-3-5)8(11)12;1-2/h2*1-4H,(H,9,10)(H,11,12);1-2H2. The van der Waals surface area contributed by atoms with Crippen molar-refractivity contribution in [3.8, 4) is 0 Å². The third-order valence-corrected chi connectivity index (χ3v) is 2.76. The molecule has 136 valence electrons. The molecule has 2 aromatic rings. The van der Waals surface area contributed by atoms with Crippen LogP contribution in [0.4, 0.5) is 0 Å². The van der Waals surface area contributed by atoms with Crippen LogP contribution >= 0.6 is 0 Å². The van der Waals surface area contributed by atoms with E-state index < -0.39 is 23.9 Å². The van der Waals surface area contributed by atoms with Crippen LogP contribution in [-0.4, -0.2) is 44.3 Å². The van der Waals surface area contributed by atoms with Gasteiger partial charge in [0.25, 0.3) is 0 Å². The van der Waals surface area contributed by atoms with E-state index in [2.05, 4.69) is 13.2 Å². The van der Waals surface area contributed by atoms with Crippen LogP contribution in [0.15, 0.2) is 61.7 Å². The van der Waals surface area contributed by atoms with Gasteiger partial charge in [-0.15, -0.1) is 13.2 Å². The highest BCUT2D eigenvalue weighted by atomic mass is 16.4. The molecular formula is C18H16O8. The SMILES string of the molecule is C=C.O=C(O)c1ccc(C(=O)O)cc1.O=C(O)c1ccc(C(=O)O)cc1. The van der Waals surface area contributed by atoms with E-state index in [1.807, 2.05) is 0 Å². The minimum Gasteiger partial charge on any atom is -0.478 e. The van der Waals surface area contributed by atoms with Crippen LogP contribution in [0.5, 0.6) is 0 Å². The largest absolute Gasteiger partial charge is 0.478 e. The third kappa shape index (κ3) is 7.09. The second-order valence-electron chi connectivity index (χ2n) is 4.38. The van der Waals surface area contributed by atoms with Gasteiger partial charge in [0, 0.05) is 0 Å². The Labute approximate surface area is 148 Å². The minimum absolute atomic E-state index is 0.0833. The van der Waals surface area contributed by atoms with Gasteiger partial charge >= 0.3 is 23.9 Å². The average molecular weight is 360 g/mol. The summed E-state index contributed by atoms with van der Waals surface area (Å²) in [6.07, 6.45) is 0. The molecule has 0 bridgehead atoms. The lowest BCUT2D eigenvalue weighted by atomic mass is 10.1. The lowest BCUT2D eigenvalue weighted by molar-refractivity contribution is 0.0681. The van der Waals surface area contributed by atoms with Crippen LogP contribution in [0, 0.1) is 0 Å². The summed E-state index contributed by atoms with van der Waals surface area (Å²) in [5, 5.41) is 33.9. The van der Waals surface area contributed by atoms with Gasteiger partial charge < -0.3 is 20.4 Å². The summed E-state index contributed by atoms with van der Waals surface area (Å²) in [7, 11) is 0. The summed E-state index contributed by atoms with van der Waals surface area (Å²) in [5.74, 6) is -4.25. The quantitative estimate of drug-likeness (QED) is 0.608. The number of hydrogen-bond acceptors (Lipinski definition) is 4. The Hall–Kier alpha value is -3.94. The van der Waals surface area contributed by atoms with E-state index in [9.17, 15) is 19.2 Å². The Morgan fingerprint density at radius 2 is 0.577 bits per heavy atom. The molecule has 0 aromatic heterocycles. The van der Waals surface area contributed by atoms with E-state index in [4.69, 9.17) is 20.4 Å². The number of carboxylic acids is 4. The first-order valence-corrected chi connectivity index (χ1v) is 6.85. The van der Waals surface area contributed by atoms with Gasteiger partial charge in [0.1, 0.15) is 0 Å². The first-order valence-electron chi connectivity index (χ1n) is 6.85. The maximum atomic E-state index is 10.3. The van der Waals surface area contributed by atoms with Gasteiger partial charge in [0.05, 0.1) is 22.3 Å². The van der Waals surface area contributed by atoms with Crippen molar-refractivity contribution in [3.05, 3.63) is 83.9 Å². The van der Waals surface area contributed by atoms with Crippen LogP contribution in [0.2, 0.25) is 0 Å². The predicted molar refractivity (Wildman–Crippen MR) is 92.0 cm³/mol. The number of carbonyl (C=O) groups is 4. The van der Waals surface area contributed by atoms with Crippen molar-refractivity contribution in [2.45, 2.75) is 0 Å². The summed E-state index contributed by atoms with van der Waals surface area (Å²) >= 11 is 0. The van der Waals surface area contributed by atoms with Crippen molar-refractivity contribution in [2.75, 3.05) is 0 Å². The van der Waals surface area contributed by atoms with Gasteiger partial charge in [0.2, 0.25) is 0 Å². The van der Waals surface area contributed by atoms with E-state index in [0.717, 1.165) is 0 Å². The minimum atomic E-state index is -1.06. The molecule has 0 aliphatic carbocycles. The maximum Gasteiger partial charge on any atom is 0.335 e. The molecular weight excluding hydrogens is 344 g/mol. The van der Waals surface area contributed by atoms with Crippen molar-refractivity contribution < 1.29 is 39.6 Å². The van der Waals surface area contributed by atoms with Gasteiger partial charge in [-0.1, -0.05) is 0 Å². The summed E-state index contributed by atoms with van der Waals surface area (Å²) in [6.45, 7) is 6.00. The summed E-state index contributed by atoms with van der Waals surface area (Å²) in [5.41, 5.74) is 0.333. The monoisotopic (exact) mass is 360 g/mol. The fourth-order valence-corrected chi connectivity index (χ4v) is 1.51. The van der Waals surface area contributed by atoms with Gasteiger partial charge in [-0.05, 0) is 48.5 Å². The fourth-order valence-electron chi connectivity index (χ4n) is 1.51. The van der Waals surface area contributed by atoms with E-state index in [0.29, 0.717) is 0 Å². The Balaban J connectivity index is 0.000000439. The lowest BCUT2D eigenvalue weighted by Gasteiger charge is -1.94. The highest BCUT2D eigenvalue weighted by Crippen LogP contribution is 2.04. The van der Waals surface area contributed by atoms with Crippen LogP contribution in [0.1, 0.15) is 41.4 Å².